The Balaban J connectivity index is 1.82. The van der Waals surface area contributed by atoms with E-state index in [9.17, 15) is 0 Å². The van der Waals surface area contributed by atoms with Crippen molar-refractivity contribution in [2.75, 3.05) is 39.3 Å². The summed E-state index contributed by atoms with van der Waals surface area (Å²) in [6.45, 7) is 10.8. The quantitative estimate of drug-likeness (QED) is 0.538. The second-order valence-corrected chi connectivity index (χ2v) is 5.31. The lowest BCUT2D eigenvalue weighted by Gasteiger charge is -2.42. The molecule has 96 valence electrons. The van der Waals surface area contributed by atoms with Gasteiger partial charge in [0, 0.05) is 44.8 Å². The summed E-state index contributed by atoms with van der Waals surface area (Å²) in [6.07, 6.45) is 4.97. The lowest BCUT2D eigenvalue weighted by Crippen LogP contribution is -2.56. The topological polar surface area (TPSA) is 33.5 Å². The summed E-state index contributed by atoms with van der Waals surface area (Å²) < 4.78 is 0. The average Bonchev–Trinajstić information content (AvgIpc) is 2.77. The van der Waals surface area contributed by atoms with Gasteiger partial charge in [-0.25, -0.2) is 0 Å². The van der Waals surface area contributed by atoms with Crippen molar-refractivity contribution in [1.82, 2.24) is 14.7 Å². The highest BCUT2D eigenvalue weighted by Crippen LogP contribution is 2.24. The van der Waals surface area contributed by atoms with Crippen LogP contribution >= 0.6 is 0 Å². The number of fused-ring (bicyclic) bond motifs is 1. The zero-order chi connectivity index (χ0) is 12.3. The minimum Gasteiger partial charge on any atom is -0.310 e. The minimum absolute atomic E-state index is 0.641. The van der Waals surface area contributed by atoms with Crippen LogP contribution < -0.4 is 0 Å². The van der Waals surface area contributed by atoms with Gasteiger partial charge in [0.25, 0.3) is 0 Å². The third-order valence-electron chi connectivity index (χ3n) is 4.25. The zero-order valence-electron chi connectivity index (χ0n) is 11.1. The Morgan fingerprint density at radius 1 is 1.41 bits per heavy atom. The number of hydrogen-bond acceptors (Lipinski definition) is 4. The van der Waals surface area contributed by atoms with Gasteiger partial charge >= 0.3 is 0 Å². The first-order valence-corrected chi connectivity index (χ1v) is 6.87. The fourth-order valence-electron chi connectivity index (χ4n) is 3.09. The molecular formula is C13H24N4. The predicted molar refractivity (Wildman–Crippen MR) is 68.5 cm³/mol. The summed E-state index contributed by atoms with van der Waals surface area (Å²) in [7, 11) is 0. The molecule has 0 N–H and O–H groups in total. The maximum atomic E-state index is 8.92. The van der Waals surface area contributed by atoms with E-state index in [-0.39, 0.29) is 0 Å². The van der Waals surface area contributed by atoms with E-state index in [2.05, 4.69) is 22.9 Å². The van der Waals surface area contributed by atoms with Crippen LogP contribution in [0.25, 0.3) is 0 Å². The van der Waals surface area contributed by atoms with Gasteiger partial charge in [-0.3, -0.25) is 9.80 Å². The molecule has 2 aliphatic rings. The number of nitrogens with zero attached hydrogens (tertiary/aromatic N) is 4. The first kappa shape index (κ1) is 12.7. The number of likely N-dealkylation sites (N-methyl/N-ethyl adjacent to an activating group) is 1. The lowest BCUT2D eigenvalue weighted by molar-refractivity contribution is 0.0557. The summed E-state index contributed by atoms with van der Waals surface area (Å²) in [5, 5.41) is 8.92. The van der Waals surface area contributed by atoms with Crippen LogP contribution in [-0.4, -0.2) is 66.1 Å². The van der Waals surface area contributed by atoms with E-state index in [0.29, 0.717) is 6.04 Å². The molecule has 0 aromatic heterocycles. The predicted octanol–water partition coefficient (Wildman–Crippen LogP) is 0.958. The van der Waals surface area contributed by atoms with Gasteiger partial charge in [0.2, 0.25) is 0 Å². The summed E-state index contributed by atoms with van der Waals surface area (Å²) in [6, 6.07) is 1.42. The SMILES string of the molecule is CCN(C#N)CCN1C[C@@H]2CCCN2C[C@H]1C. The van der Waals surface area contributed by atoms with Crippen LogP contribution in [0.5, 0.6) is 0 Å². The monoisotopic (exact) mass is 236 g/mol. The Labute approximate surface area is 105 Å². The fraction of sp³-hybridized carbons (Fsp3) is 0.923. The Morgan fingerprint density at radius 3 is 2.94 bits per heavy atom. The number of rotatable bonds is 4. The van der Waals surface area contributed by atoms with Crippen molar-refractivity contribution in [2.45, 2.75) is 38.8 Å². The molecule has 2 aliphatic heterocycles. The molecule has 2 atom stereocenters. The maximum absolute atomic E-state index is 8.92. The van der Waals surface area contributed by atoms with E-state index in [1.807, 2.05) is 11.8 Å². The first-order valence-electron chi connectivity index (χ1n) is 6.87. The number of nitriles is 1. The smallest absolute Gasteiger partial charge is 0.179 e. The van der Waals surface area contributed by atoms with E-state index >= 15 is 0 Å². The molecule has 0 amide bonds. The standard InChI is InChI=1S/C13H24N4/c1-3-15(11-14)7-8-16-10-13-5-4-6-17(13)9-12(16)2/h12-13H,3-10H2,1-2H3/t12-,13+/m1/s1. The van der Waals surface area contributed by atoms with E-state index in [1.54, 1.807) is 0 Å². The molecule has 0 spiro atoms. The van der Waals surface area contributed by atoms with Crippen LogP contribution in [0.3, 0.4) is 0 Å². The highest BCUT2D eigenvalue weighted by molar-refractivity contribution is 4.91. The summed E-state index contributed by atoms with van der Waals surface area (Å²) in [4.78, 5) is 7.04. The second-order valence-electron chi connectivity index (χ2n) is 5.31. The van der Waals surface area contributed by atoms with Gasteiger partial charge in [-0.1, -0.05) is 0 Å². The van der Waals surface area contributed by atoms with Gasteiger partial charge in [0.05, 0.1) is 0 Å². The summed E-state index contributed by atoms with van der Waals surface area (Å²) in [5.41, 5.74) is 0. The third kappa shape index (κ3) is 2.91. The third-order valence-corrected chi connectivity index (χ3v) is 4.25. The molecule has 0 aliphatic carbocycles. The van der Waals surface area contributed by atoms with Crippen LogP contribution in [0, 0.1) is 11.5 Å². The molecule has 0 saturated carbocycles. The zero-order valence-corrected chi connectivity index (χ0v) is 11.1. The van der Waals surface area contributed by atoms with Crippen molar-refractivity contribution in [3.05, 3.63) is 0 Å². The largest absolute Gasteiger partial charge is 0.310 e. The van der Waals surface area contributed by atoms with Crippen molar-refractivity contribution in [3.63, 3.8) is 0 Å². The van der Waals surface area contributed by atoms with Crippen LogP contribution in [0.2, 0.25) is 0 Å². The van der Waals surface area contributed by atoms with Crippen molar-refractivity contribution in [2.24, 2.45) is 0 Å². The molecule has 4 nitrogen and oxygen atoms in total. The molecule has 4 heteroatoms. The van der Waals surface area contributed by atoms with Crippen LogP contribution in [0.15, 0.2) is 0 Å². The highest BCUT2D eigenvalue weighted by Gasteiger charge is 2.33. The Kier molecular flexibility index (Phi) is 4.25. The molecule has 2 fully saturated rings. The van der Waals surface area contributed by atoms with Gasteiger partial charge in [-0.05, 0) is 33.2 Å². The number of piperazine rings is 1. The van der Waals surface area contributed by atoms with E-state index < -0.39 is 0 Å². The highest BCUT2D eigenvalue weighted by atomic mass is 15.3. The van der Waals surface area contributed by atoms with Gasteiger partial charge < -0.3 is 4.90 Å². The molecule has 2 saturated heterocycles. The minimum atomic E-state index is 0.641. The normalized spacial score (nSPS) is 29.9. The van der Waals surface area contributed by atoms with Crippen LogP contribution in [0.1, 0.15) is 26.7 Å². The van der Waals surface area contributed by atoms with E-state index in [4.69, 9.17) is 5.26 Å². The lowest BCUT2D eigenvalue weighted by atomic mass is 10.1. The molecule has 0 aromatic rings. The molecular weight excluding hydrogens is 212 g/mol. The van der Waals surface area contributed by atoms with Crippen LogP contribution in [0.4, 0.5) is 0 Å². The van der Waals surface area contributed by atoms with Gasteiger partial charge in [0.1, 0.15) is 0 Å². The van der Waals surface area contributed by atoms with Gasteiger partial charge in [-0.2, -0.15) is 5.26 Å². The van der Waals surface area contributed by atoms with Crippen LogP contribution in [-0.2, 0) is 0 Å². The van der Waals surface area contributed by atoms with E-state index in [1.165, 1.54) is 32.5 Å². The van der Waals surface area contributed by atoms with Gasteiger partial charge in [-0.15, -0.1) is 0 Å². The Hall–Kier alpha value is -0.790. The van der Waals surface area contributed by atoms with Crippen molar-refractivity contribution < 1.29 is 0 Å². The molecule has 0 unspecified atom stereocenters. The van der Waals surface area contributed by atoms with Crippen molar-refractivity contribution >= 4 is 0 Å². The summed E-state index contributed by atoms with van der Waals surface area (Å²) >= 11 is 0. The summed E-state index contributed by atoms with van der Waals surface area (Å²) in [5.74, 6) is 0. The first-order chi connectivity index (χ1) is 8.24. The average molecular weight is 236 g/mol. The molecule has 2 rings (SSSR count). The molecule has 0 aromatic carbocycles. The molecule has 0 radical (unpaired) electrons. The van der Waals surface area contributed by atoms with Gasteiger partial charge in [0.15, 0.2) is 6.19 Å². The maximum Gasteiger partial charge on any atom is 0.179 e. The number of hydrogen-bond donors (Lipinski definition) is 0. The Morgan fingerprint density at radius 2 is 2.24 bits per heavy atom. The van der Waals surface area contributed by atoms with Crippen molar-refractivity contribution in [1.29, 1.82) is 5.26 Å². The Bertz CT molecular complexity index is 286. The van der Waals surface area contributed by atoms with E-state index in [0.717, 1.165) is 25.7 Å². The molecule has 0 bridgehead atoms. The molecule has 17 heavy (non-hydrogen) atoms. The molecule has 2 heterocycles. The fourth-order valence-corrected chi connectivity index (χ4v) is 3.09. The van der Waals surface area contributed by atoms with Crippen molar-refractivity contribution in [3.8, 4) is 6.19 Å². The second kappa shape index (κ2) is 5.70.